The normalized spacial score (nSPS) is 12.4. The van der Waals surface area contributed by atoms with Crippen LogP contribution in [0.4, 0.5) is 0 Å². The number of pyridine rings is 1. The van der Waals surface area contributed by atoms with Gasteiger partial charge >= 0.3 is 0 Å². The Morgan fingerprint density at radius 1 is 1.47 bits per heavy atom. The van der Waals surface area contributed by atoms with E-state index in [4.69, 9.17) is 5.11 Å². The Bertz CT molecular complexity index is 538. The topological polar surface area (TPSA) is 62.2 Å². The van der Waals surface area contributed by atoms with Crippen molar-refractivity contribution in [2.45, 2.75) is 13.0 Å². The van der Waals surface area contributed by atoms with Gasteiger partial charge in [-0.25, -0.2) is 0 Å². The summed E-state index contributed by atoms with van der Waals surface area (Å²) in [6, 6.07) is 9.08. The monoisotopic (exact) mass is 230 g/mol. The van der Waals surface area contributed by atoms with Crippen molar-refractivity contribution in [3.63, 3.8) is 0 Å². The van der Waals surface area contributed by atoms with Crippen LogP contribution in [0, 0.1) is 0 Å². The summed E-state index contributed by atoms with van der Waals surface area (Å²) in [5.74, 6) is -0.184. The van der Waals surface area contributed by atoms with Gasteiger partial charge in [-0.05, 0) is 31.2 Å². The van der Waals surface area contributed by atoms with E-state index >= 15 is 0 Å². The number of nitrogens with zero attached hydrogens (tertiary/aromatic N) is 1. The van der Waals surface area contributed by atoms with Gasteiger partial charge in [0.05, 0.1) is 11.6 Å². The van der Waals surface area contributed by atoms with E-state index in [-0.39, 0.29) is 12.5 Å². The first kappa shape index (κ1) is 11.5. The molecule has 1 aromatic heterocycles. The van der Waals surface area contributed by atoms with Crippen LogP contribution in [0.15, 0.2) is 36.5 Å². The number of carbonyl (C=O) groups excluding carboxylic acids is 1. The zero-order valence-corrected chi connectivity index (χ0v) is 9.55. The third kappa shape index (κ3) is 2.79. The molecule has 0 spiro atoms. The van der Waals surface area contributed by atoms with Gasteiger partial charge in [-0.3, -0.25) is 9.78 Å². The largest absolute Gasteiger partial charge is 0.392 e. The summed E-state index contributed by atoms with van der Waals surface area (Å²) in [6.45, 7) is 1.88. The van der Waals surface area contributed by atoms with Gasteiger partial charge in [0.25, 0.3) is 5.91 Å². The summed E-state index contributed by atoms with van der Waals surface area (Å²) < 4.78 is 0. The molecule has 2 N–H and O–H groups in total. The predicted molar refractivity (Wildman–Crippen MR) is 65.8 cm³/mol. The zero-order valence-electron chi connectivity index (χ0n) is 9.55. The number of fused-ring (bicyclic) bond motifs is 1. The van der Waals surface area contributed by atoms with Crippen LogP contribution in [0.25, 0.3) is 10.9 Å². The highest BCUT2D eigenvalue weighted by atomic mass is 16.3. The molecule has 0 fully saturated rings. The molecular formula is C13H14N2O2. The standard InChI is InChI=1S/C13H14N2O2/c1-9(16)8-15-13(17)11-4-5-12-10(7-11)3-2-6-14-12/h2-7,9,16H,8H2,1H3,(H,15,17)/t9-/m0/s1. The summed E-state index contributed by atoms with van der Waals surface area (Å²) in [5.41, 5.74) is 1.44. The third-order valence-corrected chi connectivity index (χ3v) is 2.42. The number of hydrogen-bond donors (Lipinski definition) is 2. The van der Waals surface area contributed by atoms with Crippen LogP contribution in [0.3, 0.4) is 0 Å². The minimum atomic E-state index is -0.541. The minimum absolute atomic E-state index is 0.184. The second kappa shape index (κ2) is 4.93. The lowest BCUT2D eigenvalue weighted by molar-refractivity contribution is 0.0924. The van der Waals surface area contributed by atoms with Gasteiger partial charge in [-0.2, -0.15) is 0 Å². The molecule has 0 radical (unpaired) electrons. The number of aromatic nitrogens is 1. The SMILES string of the molecule is C[C@H](O)CNC(=O)c1ccc2ncccc2c1. The molecule has 4 nitrogen and oxygen atoms in total. The number of rotatable bonds is 3. The van der Waals surface area contributed by atoms with Crippen molar-refractivity contribution in [1.29, 1.82) is 0 Å². The van der Waals surface area contributed by atoms with E-state index in [0.29, 0.717) is 5.56 Å². The molecule has 2 aromatic rings. The van der Waals surface area contributed by atoms with E-state index in [1.54, 1.807) is 25.3 Å². The Kier molecular flexibility index (Phi) is 3.35. The van der Waals surface area contributed by atoms with Crippen molar-refractivity contribution in [2.24, 2.45) is 0 Å². The fourth-order valence-electron chi connectivity index (χ4n) is 1.56. The van der Waals surface area contributed by atoms with Crippen LogP contribution < -0.4 is 5.32 Å². The van der Waals surface area contributed by atoms with Crippen LogP contribution in [0.1, 0.15) is 17.3 Å². The summed E-state index contributed by atoms with van der Waals surface area (Å²) in [7, 11) is 0. The van der Waals surface area contributed by atoms with Crippen molar-refractivity contribution in [2.75, 3.05) is 6.54 Å². The van der Waals surface area contributed by atoms with Crippen molar-refractivity contribution >= 4 is 16.8 Å². The quantitative estimate of drug-likeness (QED) is 0.836. The molecule has 1 atom stereocenters. The van der Waals surface area contributed by atoms with E-state index in [1.807, 2.05) is 18.2 Å². The summed E-state index contributed by atoms with van der Waals surface area (Å²) in [6.07, 6.45) is 1.18. The van der Waals surface area contributed by atoms with Crippen LogP contribution in [0.5, 0.6) is 0 Å². The molecule has 4 heteroatoms. The highest BCUT2D eigenvalue weighted by Crippen LogP contribution is 2.13. The Morgan fingerprint density at radius 2 is 2.29 bits per heavy atom. The van der Waals surface area contributed by atoms with Gasteiger partial charge in [0.15, 0.2) is 0 Å². The molecule has 0 unspecified atom stereocenters. The van der Waals surface area contributed by atoms with Crippen molar-refractivity contribution < 1.29 is 9.90 Å². The number of amides is 1. The fourth-order valence-corrected chi connectivity index (χ4v) is 1.56. The molecule has 0 bridgehead atoms. The highest BCUT2D eigenvalue weighted by Gasteiger charge is 2.07. The molecule has 0 aliphatic heterocycles. The molecule has 0 aliphatic carbocycles. The summed E-state index contributed by atoms with van der Waals surface area (Å²) in [4.78, 5) is 15.9. The van der Waals surface area contributed by atoms with E-state index in [1.165, 1.54) is 0 Å². The first-order valence-corrected chi connectivity index (χ1v) is 5.48. The lowest BCUT2D eigenvalue weighted by Gasteiger charge is -2.07. The molecule has 1 heterocycles. The van der Waals surface area contributed by atoms with Crippen LogP contribution in [0.2, 0.25) is 0 Å². The summed E-state index contributed by atoms with van der Waals surface area (Å²) >= 11 is 0. The average molecular weight is 230 g/mol. The van der Waals surface area contributed by atoms with Crippen molar-refractivity contribution in [1.82, 2.24) is 10.3 Å². The lowest BCUT2D eigenvalue weighted by atomic mass is 10.1. The van der Waals surface area contributed by atoms with E-state index in [0.717, 1.165) is 10.9 Å². The molecule has 0 saturated carbocycles. The van der Waals surface area contributed by atoms with Crippen molar-refractivity contribution in [3.05, 3.63) is 42.1 Å². The van der Waals surface area contributed by atoms with Gasteiger partial charge < -0.3 is 10.4 Å². The number of aliphatic hydroxyl groups excluding tert-OH is 1. The van der Waals surface area contributed by atoms with E-state index < -0.39 is 6.10 Å². The maximum Gasteiger partial charge on any atom is 0.251 e. The smallest absolute Gasteiger partial charge is 0.251 e. The van der Waals surface area contributed by atoms with E-state index in [9.17, 15) is 4.79 Å². The van der Waals surface area contributed by atoms with Crippen LogP contribution >= 0.6 is 0 Å². The maximum atomic E-state index is 11.8. The second-order valence-corrected chi connectivity index (χ2v) is 3.97. The van der Waals surface area contributed by atoms with Crippen LogP contribution in [-0.2, 0) is 0 Å². The predicted octanol–water partition coefficient (Wildman–Crippen LogP) is 1.35. The molecular weight excluding hydrogens is 216 g/mol. The van der Waals surface area contributed by atoms with E-state index in [2.05, 4.69) is 10.3 Å². The molecule has 1 aromatic carbocycles. The number of nitrogens with one attached hydrogen (secondary N) is 1. The lowest BCUT2D eigenvalue weighted by Crippen LogP contribution is -2.30. The molecule has 0 saturated heterocycles. The van der Waals surface area contributed by atoms with Gasteiger partial charge in [0, 0.05) is 23.7 Å². The van der Waals surface area contributed by atoms with Gasteiger partial charge in [0.2, 0.25) is 0 Å². The number of carbonyl (C=O) groups is 1. The first-order chi connectivity index (χ1) is 8.16. The number of benzene rings is 1. The Morgan fingerprint density at radius 3 is 3.06 bits per heavy atom. The molecule has 1 amide bonds. The number of hydrogen-bond acceptors (Lipinski definition) is 3. The molecule has 88 valence electrons. The second-order valence-electron chi connectivity index (χ2n) is 3.97. The Balaban J connectivity index is 2.21. The minimum Gasteiger partial charge on any atom is -0.392 e. The maximum absolute atomic E-state index is 11.8. The Labute approximate surface area is 99.3 Å². The zero-order chi connectivity index (χ0) is 12.3. The highest BCUT2D eigenvalue weighted by molar-refractivity contribution is 5.97. The van der Waals surface area contributed by atoms with Gasteiger partial charge in [-0.15, -0.1) is 0 Å². The van der Waals surface area contributed by atoms with Gasteiger partial charge in [-0.1, -0.05) is 6.07 Å². The average Bonchev–Trinajstić information content (AvgIpc) is 2.35. The summed E-state index contributed by atoms with van der Waals surface area (Å²) in [5, 5.41) is 12.7. The number of aliphatic hydroxyl groups is 1. The Hall–Kier alpha value is -1.94. The molecule has 2 rings (SSSR count). The molecule has 0 aliphatic rings. The van der Waals surface area contributed by atoms with Crippen molar-refractivity contribution in [3.8, 4) is 0 Å². The first-order valence-electron chi connectivity index (χ1n) is 5.48. The molecule has 17 heavy (non-hydrogen) atoms. The fraction of sp³-hybridized carbons (Fsp3) is 0.231. The van der Waals surface area contributed by atoms with Crippen LogP contribution in [-0.4, -0.2) is 28.6 Å². The third-order valence-electron chi connectivity index (χ3n) is 2.42. The van der Waals surface area contributed by atoms with Gasteiger partial charge in [0.1, 0.15) is 0 Å².